The largest absolute Gasteiger partial charge is 0.497 e. The van der Waals surface area contributed by atoms with Crippen molar-refractivity contribution in [2.45, 2.75) is 0 Å². The second kappa shape index (κ2) is 4.70. The summed E-state index contributed by atoms with van der Waals surface area (Å²) in [7, 11) is 1.54. The summed E-state index contributed by atoms with van der Waals surface area (Å²) in [6.07, 6.45) is 0. The van der Waals surface area contributed by atoms with Gasteiger partial charge in [0.1, 0.15) is 21.8 Å². The van der Waals surface area contributed by atoms with Gasteiger partial charge in [-0.1, -0.05) is 30.3 Å². The zero-order valence-corrected chi connectivity index (χ0v) is 10.7. The maximum absolute atomic E-state index is 11.2. The number of methoxy groups -OCH3 is 1. The molecule has 0 spiro atoms. The van der Waals surface area contributed by atoms with E-state index >= 15 is 0 Å². The lowest BCUT2D eigenvalue weighted by atomic mass is 10.0. The van der Waals surface area contributed by atoms with E-state index in [-0.39, 0.29) is 5.88 Å². The number of benzene rings is 2. The Balaban J connectivity index is 2.33. The Morgan fingerprint density at radius 3 is 2.55 bits per heavy atom. The highest BCUT2D eigenvalue weighted by molar-refractivity contribution is 5.99. The van der Waals surface area contributed by atoms with Gasteiger partial charge in [0.25, 0.3) is 0 Å². The SMILES string of the molecule is COc1ccc2c(-c3ccccc3)c([N+](=O)[O-])oc2c1. The number of nitrogens with zero attached hydrogens (tertiary/aromatic N) is 1. The highest BCUT2D eigenvalue weighted by Crippen LogP contribution is 2.40. The van der Waals surface area contributed by atoms with Crippen LogP contribution in [0, 0.1) is 10.1 Å². The summed E-state index contributed by atoms with van der Waals surface area (Å²) in [4.78, 5) is 10.7. The van der Waals surface area contributed by atoms with Gasteiger partial charge < -0.3 is 9.15 Å². The summed E-state index contributed by atoms with van der Waals surface area (Å²) in [6, 6.07) is 14.3. The monoisotopic (exact) mass is 269 g/mol. The van der Waals surface area contributed by atoms with E-state index in [1.807, 2.05) is 30.3 Å². The topological polar surface area (TPSA) is 65.5 Å². The van der Waals surface area contributed by atoms with Crippen LogP contribution in [0.1, 0.15) is 0 Å². The molecule has 0 atom stereocenters. The summed E-state index contributed by atoms with van der Waals surface area (Å²) in [6.45, 7) is 0. The lowest BCUT2D eigenvalue weighted by Crippen LogP contribution is -1.87. The van der Waals surface area contributed by atoms with Crippen LogP contribution < -0.4 is 4.74 Å². The van der Waals surface area contributed by atoms with Gasteiger partial charge in [-0.15, -0.1) is 0 Å². The summed E-state index contributed by atoms with van der Waals surface area (Å²) in [5.74, 6) is 0.347. The summed E-state index contributed by atoms with van der Waals surface area (Å²) in [5.41, 5.74) is 1.69. The third-order valence-electron chi connectivity index (χ3n) is 3.11. The number of ether oxygens (including phenoxy) is 1. The van der Waals surface area contributed by atoms with Crippen molar-refractivity contribution in [3.8, 4) is 16.9 Å². The minimum absolute atomic E-state index is 0.251. The third kappa shape index (κ3) is 1.89. The molecule has 0 aliphatic rings. The molecule has 5 heteroatoms. The molecule has 0 radical (unpaired) electrons. The zero-order valence-electron chi connectivity index (χ0n) is 10.7. The Morgan fingerprint density at radius 1 is 1.15 bits per heavy atom. The molecule has 0 aliphatic heterocycles. The van der Waals surface area contributed by atoms with Crippen LogP contribution >= 0.6 is 0 Å². The normalized spacial score (nSPS) is 10.7. The van der Waals surface area contributed by atoms with E-state index in [1.54, 1.807) is 18.2 Å². The molecular weight excluding hydrogens is 258 g/mol. The fourth-order valence-electron chi connectivity index (χ4n) is 2.20. The molecule has 5 nitrogen and oxygen atoms in total. The third-order valence-corrected chi connectivity index (χ3v) is 3.11. The first kappa shape index (κ1) is 12.2. The molecular formula is C15H11NO4. The molecule has 0 saturated heterocycles. The van der Waals surface area contributed by atoms with Gasteiger partial charge in [0.15, 0.2) is 0 Å². The summed E-state index contributed by atoms with van der Waals surface area (Å²) >= 11 is 0. The highest BCUT2D eigenvalue weighted by atomic mass is 16.6. The number of nitro groups is 1. The van der Waals surface area contributed by atoms with Crippen molar-refractivity contribution in [2.24, 2.45) is 0 Å². The molecule has 3 aromatic rings. The molecule has 0 aliphatic carbocycles. The fourth-order valence-corrected chi connectivity index (χ4v) is 2.20. The Hall–Kier alpha value is -2.82. The molecule has 20 heavy (non-hydrogen) atoms. The van der Waals surface area contributed by atoms with Gasteiger partial charge in [-0.2, -0.15) is 0 Å². The van der Waals surface area contributed by atoms with Crippen LogP contribution in [0.25, 0.3) is 22.1 Å². The molecule has 3 rings (SSSR count). The number of rotatable bonds is 3. The number of furan rings is 1. The molecule has 2 aromatic carbocycles. The number of hydrogen-bond donors (Lipinski definition) is 0. The van der Waals surface area contributed by atoms with Crippen LogP contribution in [0.4, 0.5) is 5.88 Å². The van der Waals surface area contributed by atoms with E-state index in [4.69, 9.17) is 9.15 Å². The van der Waals surface area contributed by atoms with Crippen molar-refractivity contribution in [1.29, 1.82) is 0 Å². The van der Waals surface area contributed by atoms with Crippen LogP contribution in [0.15, 0.2) is 52.9 Å². The highest BCUT2D eigenvalue weighted by Gasteiger charge is 2.25. The van der Waals surface area contributed by atoms with E-state index in [0.717, 1.165) is 5.56 Å². The Kier molecular flexibility index (Phi) is 2.87. The van der Waals surface area contributed by atoms with Gasteiger partial charge in [0.05, 0.1) is 7.11 Å². The van der Waals surface area contributed by atoms with Gasteiger partial charge in [-0.25, -0.2) is 0 Å². The van der Waals surface area contributed by atoms with E-state index in [0.29, 0.717) is 22.3 Å². The number of fused-ring (bicyclic) bond motifs is 1. The maximum Gasteiger partial charge on any atom is 0.442 e. The van der Waals surface area contributed by atoms with Crippen LogP contribution in [-0.2, 0) is 0 Å². The van der Waals surface area contributed by atoms with Gasteiger partial charge in [-0.3, -0.25) is 10.1 Å². The second-order valence-corrected chi connectivity index (χ2v) is 4.27. The average Bonchev–Trinajstić information content (AvgIpc) is 2.86. The van der Waals surface area contributed by atoms with Crippen LogP contribution in [0.5, 0.6) is 5.75 Å². The van der Waals surface area contributed by atoms with Crippen molar-refractivity contribution in [2.75, 3.05) is 7.11 Å². The van der Waals surface area contributed by atoms with E-state index < -0.39 is 4.92 Å². The van der Waals surface area contributed by atoms with Crippen LogP contribution in [-0.4, -0.2) is 12.0 Å². The standard InChI is InChI=1S/C15H11NO4/c1-19-11-7-8-12-13(9-11)20-15(16(17)18)14(12)10-5-3-2-4-6-10/h2-9H,1H3. The predicted molar refractivity (Wildman–Crippen MR) is 74.9 cm³/mol. The van der Waals surface area contributed by atoms with Crippen molar-refractivity contribution in [3.63, 3.8) is 0 Å². The first-order valence-electron chi connectivity index (χ1n) is 6.01. The maximum atomic E-state index is 11.2. The Labute approximate surface area is 114 Å². The first-order chi connectivity index (χ1) is 9.70. The minimum atomic E-state index is -0.505. The summed E-state index contributed by atoms with van der Waals surface area (Å²) in [5, 5.41) is 11.9. The van der Waals surface area contributed by atoms with Crippen LogP contribution in [0.2, 0.25) is 0 Å². The smallest absolute Gasteiger partial charge is 0.442 e. The Morgan fingerprint density at radius 2 is 1.90 bits per heavy atom. The average molecular weight is 269 g/mol. The molecule has 0 N–H and O–H groups in total. The molecule has 0 saturated carbocycles. The van der Waals surface area contributed by atoms with Crippen molar-refractivity contribution in [1.82, 2.24) is 0 Å². The molecule has 0 bridgehead atoms. The molecule has 1 heterocycles. The lowest BCUT2D eigenvalue weighted by Gasteiger charge is -1.99. The molecule has 0 amide bonds. The van der Waals surface area contributed by atoms with Gasteiger partial charge in [-0.05, 0) is 17.7 Å². The minimum Gasteiger partial charge on any atom is -0.497 e. The first-order valence-corrected chi connectivity index (χ1v) is 6.01. The van der Waals surface area contributed by atoms with Crippen molar-refractivity contribution in [3.05, 3.63) is 58.6 Å². The van der Waals surface area contributed by atoms with E-state index in [1.165, 1.54) is 7.11 Å². The van der Waals surface area contributed by atoms with Gasteiger partial charge >= 0.3 is 5.88 Å². The van der Waals surface area contributed by atoms with E-state index in [9.17, 15) is 10.1 Å². The van der Waals surface area contributed by atoms with Crippen molar-refractivity contribution < 1.29 is 14.1 Å². The second-order valence-electron chi connectivity index (χ2n) is 4.27. The lowest BCUT2D eigenvalue weighted by molar-refractivity contribution is -0.400. The van der Waals surface area contributed by atoms with Crippen molar-refractivity contribution >= 4 is 16.9 Å². The molecule has 0 fully saturated rings. The predicted octanol–water partition coefficient (Wildman–Crippen LogP) is 4.02. The van der Waals surface area contributed by atoms with Gasteiger partial charge in [0, 0.05) is 11.5 Å². The fraction of sp³-hybridized carbons (Fsp3) is 0.0667. The quantitative estimate of drug-likeness (QED) is 0.532. The molecule has 0 unspecified atom stereocenters. The van der Waals surface area contributed by atoms with Crippen LogP contribution in [0.3, 0.4) is 0 Å². The Bertz CT molecular complexity index is 777. The number of hydrogen-bond acceptors (Lipinski definition) is 4. The molecule has 1 aromatic heterocycles. The zero-order chi connectivity index (χ0) is 14.1. The summed E-state index contributed by atoms with van der Waals surface area (Å²) < 4.78 is 10.5. The molecule has 100 valence electrons. The van der Waals surface area contributed by atoms with Gasteiger partial charge in [0.2, 0.25) is 0 Å². The van der Waals surface area contributed by atoms with E-state index in [2.05, 4.69) is 0 Å².